The van der Waals surface area contributed by atoms with Gasteiger partial charge in [-0.05, 0) is 31.0 Å². The van der Waals surface area contributed by atoms with Crippen molar-refractivity contribution in [2.24, 2.45) is 0 Å². The summed E-state index contributed by atoms with van der Waals surface area (Å²) in [6, 6.07) is 9.27. The number of para-hydroxylation sites is 1. The van der Waals surface area contributed by atoms with E-state index in [1.165, 1.54) is 24.2 Å². The van der Waals surface area contributed by atoms with E-state index in [0.717, 1.165) is 19.6 Å². The Balaban J connectivity index is 1.82. The molecular weight excluding hydrogens is 234 g/mol. The quantitative estimate of drug-likeness (QED) is 0.853. The molecule has 0 spiro atoms. The lowest BCUT2D eigenvalue weighted by atomic mass is 10.0. The molecule has 0 aliphatic carbocycles. The predicted octanol–water partition coefficient (Wildman–Crippen LogP) is 2.52. The number of hydrogen-bond acceptors (Lipinski definition) is 3. The van der Waals surface area contributed by atoms with Crippen molar-refractivity contribution in [3.8, 4) is 0 Å². The van der Waals surface area contributed by atoms with Crippen LogP contribution in [0.5, 0.6) is 0 Å². The molecule has 106 valence electrons. The van der Waals surface area contributed by atoms with E-state index in [2.05, 4.69) is 60.7 Å². The Morgan fingerprint density at radius 3 is 2.89 bits per heavy atom. The summed E-state index contributed by atoms with van der Waals surface area (Å²) in [5.41, 5.74) is 2.71. The van der Waals surface area contributed by atoms with Crippen LogP contribution in [-0.4, -0.2) is 44.2 Å². The smallest absolute Gasteiger partial charge is 0.0375 e. The first-order chi connectivity index (χ1) is 9.16. The Morgan fingerprint density at radius 1 is 1.37 bits per heavy atom. The molecule has 1 aromatic rings. The standard InChI is InChI=1S/C16H27N3/c1-13(2)15-6-4-5-7-16(15)18-9-8-14-12-19(3)11-10-17-14/h4-7,13-14,17-18H,8-12H2,1-3H3. The fraction of sp³-hybridized carbons (Fsp3) is 0.625. The Morgan fingerprint density at radius 2 is 2.16 bits per heavy atom. The maximum atomic E-state index is 3.60. The van der Waals surface area contributed by atoms with Crippen LogP contribution in [0.15, 0.2) is 24.3 Å². The Kier molecular flexibility index (Phi) is 5.23. The Labute approximate surface area is 117 Å². The van der Waals surface area contributed by atoms with Gasteiger partial charge in [0.05, 0.1) is 0 Å². The van der Waals surface area contributed by atoms with Gasteiger partial charge in [-0.15, -0.1) is 0 Å². The summed E-state index contributed by atoms with van der Waals surface area (Å²) in [5, 5.41) is 7.19. The summed E-state index contributed by atoms with van der Waals surface area (Å²) in [6.07, 6.45) is 1.18. The molecule has 1 atom stereocenters. The van der Waals surface area contributed by atoms with E-state index in [0.29, 0.717) is 12.0 Å². The van der Waals surface area contributed by atoms with Crippen LogP contribution in [0.3, 0.4) is 0 Å². The lowest BCUT2D eigenvalue weighted by molar-refractivity contribution is 0.234. The highest BCUT2D eigenvalue weighted by atomic mass is 15.2. The molecule has 1 unspecified atom stereocenters. The molecule has 3 heteroatoms. The van der Waals surface area contributed by atoms with Gasteiger partial charge in [-0.25, -0.2) is 0 Å². The summed E-state index contributed by atoms with van der Waals surface area (Å²) in [7, 11) is 2.20. The Bertz CT molecular complexity index is 389. The Hall–Kier alpha value is -1.06. The van der Waals surface area contributed by atoms with Gasteiger partial charge in [0.25, 0.3) is 0 Å². The number of benzene rings is 1. The predicted molar refractivity (Wildman–Crippen MR) is 82.9 cm³/mol. The third kappa shape index (κ3) is 4.22. The fourth-order valence-corrected chi connectivity index (χ4v) is 2.73. The van der Waals surface area contributed by atoms with Crippen molar-refractivity contribution >= 4 is 5.69 Å². The van der Waals surface area contributed by atoms with Crippen LogP contribution in [0.1, 0.15) is 31.7 Å². The molecule has 1 aliphatic heterocycles. The van der Waals surface area contributed by atoms with Gasteiger partial charge in [-0.2, -0.15) is 0 Å². The van der Waals surface area contributed by atoms with Crippen molar-refractivity contribution < 1.29 is 0 Å². The first kappa shape index (κ1) is 14.4. The lowest BCUT2D eigenvalue weighted by Crippen LogP contribution is -2.49. The average molecular weight is 261 g/mol. The van der Waals surface area contributed by atoms with Gasteiger partial charge in [0.2, 0.25) is 0 Å². The molecule has 1 aliphatic rings. The lowest BCUT2D eigenvalue weighted by Gasteiger charge is -2.31. The molecule has 1 fully saturated rings. The van der Waals surface area contributed by atoms with E-state index in [1.54, 1.807) is 0 Å². The minimum atomic E-state index is 0.572. The molecular formula is C16H27N3. The molecule has 2 N–H and O–H groups in total. The molecule has 19 heavy (non-hydrogen) atoms. The van der Waals surface area contributed by atoms with Gasteiger partial charge in [0, 0.05) is 37.9 Å². The molecule has 0 radical (unpaired) electrons. The van der Waals surface area contributed by atoms with Crippen molar-refractivity contribution in [1.29, 1.82) is 0 Å². The van der Waals surface area contributed by atoms with Crippen molar-refractivity contribution in [3.05, 3.63) is 29.8 Å². The van der Waals surface area contributed by atoms with Crippen LogP contribution in [0.2, 0.25) is 0 Å². The molecule has 0 aromatic heterocycles. The van der Waals surface area contributed by atoms with Gasteiger partial charge in [-0.1, -0.05) is 32.0 Å². The normalized spacial score (nSPS) is 20.7. The first-order valence-electron chi connectivity index (χ1n) is 7.41. The number of rotatable bonds is 5. The largest absolute Gasteiger partial charge is 0.385 e. The van der Waals surface area contributed by atoms with E-state index in [1.807, 2.05) is 0 Å². The van der Waals surface area contributed by atoms with E-state index >= 15 is 0 Å². The fourth-order valence-electron chi connectivity index (χ4n) is 2.73. The van der Waals surface area contributed by atoms with Gasteiger partial charge < -0.3 is 15.5 Å². The van der Waals surface area contributed by atoms with Crippen molar-refractivity contribution in [1.82, 2.24) is 10.2 Å². The van der Waals surface area contributed by atoms with Gasteiger partial charge in [0.1, 0.15) is 0 Å². The van der Waals surface area contributed by atoms with E-state index in [-0.39, 0.29) is 0 Å². The van der Waals surface area contributed by atoms with E-state index in [9.17, 15) is 0 Å². The molecule has 3 nitrogen and oxygen atoms in total. The average Bonchev–Trinajstić information content (AvgIpc) is 2.39. The van der Waals surface area contributed by atoms with Crippen LogP contribution >= 0.6 is 0 Å². The number of anilines is 1. The zero-order valence-electron chi connectivity index (χ0n) is 12.4. The monoisotopic (exact) mass is 261 g/mol. The highest BCUT2D eigenvalue weighted by molar-refractivity contribution is 5.52. The summed E-state index contributed by atoms with van der Waals surface area (Å²) in [5.74, 6) is 0.572. The highest BCUT2D eigenvalue weighted by Crippen LogP contribution is 2.23. The van der Waals surface area contributed by atoms with Crippen molar-refractivity contribution in [2.75, 3.05) is 38.5 Å². The van der Waals surface area contributed by atoms with Crippen LogP contribution in [0.25, 0.3) is 0 Å². The van der Waals surface area contributed by atoms with Crippen molar-refractivity contribution in [3.63, 3.8) is 0 Å². The zero-order valence-corrected chi connectivity index (χ0v) is 12.4. The first-order valence-corrected chi connectivity index (χ1v) is 7.41. The van der Waals surface area contributed by atoms with Gasteiger partial charge in [0.15, 0.2) is 0 Å². The molecule has 0 bridgehead atoms. The molecule has 1 aromatic carbocycles. The highest BCUT2D eigenvalue weighted by Gasteiger charge is 2.15. The second-order valence-corrected chi connectivity index (χ2v) is 5.87. The number of piperazine rings is 1. The minimum Gasteiger partial charge on any atom is -0.385 e. The molecule has 1 saturated heterocycles. The number of nitrogens with one attached hydrogen (secondary N) is 2. The van der Waals surface area contributed by atoms with Crippen LogP contribution in [-0.2, 0) is 0 Å². The summed E-state index contributed by atoms with van der Waals surface area (Å²) in [6.45, 7) is 8.98. The maximum absolute atomic E-state index is 3.60. The molecule has 0 saturated carbocycles. The van der Waals surface area contributed by atoms with Crippen LogP contribution in [0, 0.1) is 0 Å². The number of likely N-dealkylation sites (N-methyl/N-ethyl adjacent to an activating group) is 1. The third-order valence-corrected chi connectivity index (χ3v) is 3.85. The molecule has 2 rings (SSSR count). The molecule has 1 heterocycles. The maximum Gasteiger partial charge on any atom is 0.0375 e. The van der Waals surface area contributed by atoms with Crippen LogP contribution < -0.4 is 10.6 Å². The summed E-state index contributed by atoms with van der Waals surface area (Å²) >= 11 is 0. The third-order valence-electron chi connectivity index (χ3n) is 3.85. The van der Waals surface area contributed by atoms with Gasteiger partial charge >= 0.3 is 0 Å². The number of nitrogens with zero attached hydrogens (tertiary/aromatic N) is 1. The zero-order chi connectivity index (χ0) is 13.7. The van der Waals surface area contributed by atoms with E-state index < -0.39 is 0 Å². The van der Waals surface area contributed by atoms with Crippen molar-refractivity contribution in [2.45, 2.75) is 32.2 Å². The van der Waals surface area contributed by atoms with E-state index in [4.69, 9.17) is 0 Å². The topological polar surface area (TPSA) is 27.3 Å². The second kappa shape index (κ2) is 6.92. The number of hydrogen-bond donors (Lipinski definition) is 2. The summed E-state index contributed by atoms with van der Waals surface area (Å²) < 4.78 is 0. The van der Waals surface area contributed by atoms with Gasteiger partial charge in [-0.3, -0.25) is 0 Å². The minimum absolute atomic E-state index is 0.572. The summed E-state index contributed by atoms with van der Waals surface area (Å²) in [4.78, 5) is 2.41. The van der Waals surface area contributed by atoms with Crippen LogP contribution in [0.4, 0.5) is 5.69 Å². The SMILES string of the molecule is CC(C)c1ccccc1NCCC1CN(C)CCN1. The molecule has 0 amide bonds. The second-order valence-electron chi connectivity index (χ2n) is 5.87.